The van der Waals surface area contributed by atoms with Crippen molar-refractivity contribution in [3.05, 3.63) is 53.3 Å². The number of nitrogens with one attached hydrogen (secondary N) is 2. The van der Waals surface area contributed by atoms with Crippen LogP contribution in [-0.2, 0) is 11.8 Å². The first-order valence-electron chi connectivity index (χ1n) is 10.1. The fourth-order valence-corrected chi connectivity index (χ4v) is 3.69. The van der Waals surface area contributed by atoms with Crippen LogP contribution in [0.2, 0.25) is 0 Å². The van der Waals surface area contributed by atoms with Crippen LogP contribution in [0.25, 0.3) is 0 Å². The minimum Gasteiger partial charge on any atom is -0.496 e. The van der Waals surface area contributed by atoms with Gasteiger partial charge >= 0.3 is 0 Å². The van der Waals surface area contributed by atoms with Gasteiger partial charge in [0.05, 0.1) is 21.3 Å². The zero-order chi connectivity index (χ0) is 21.6. The van der Waals surface area contributed by atoms with Gasteiger partial charge in [0.25, 0.3) is 0 Å². The Bertz CT molecular complexity index is 878. The highest BCUT2D eigenvalue weighted by Gasteiger charge is 2.45. The van der Waals surface area contributed by atoms with Crippen LogP contribution in [0, 0.1) is 5.82 Å². The molecule has 31 heavy (non-hydrogen) atoms. The number of benzene rings is 2. The Morgan fingerprint density at radius 3 is 2.19 bits per heavy atom. The number of methoxy groups -OCH3 is 3. The Hall–Kier alpha value is -2.23. The lowest BCUT2D eigenvalue weighted by Crippen LogP contribution is -2.42. The van der Waals surface area contributed by atoms with Gasteiger partial charge in [-0.1, -0.05) is 18.2 Å². The van der Waals surface area contributed by atoms with E-state index in [0.29, 0.717) is 42.7 Å². The number of rotatable bonds is 9. The first-order chi connectivity index (χ1) is 14.6. The summed E-state index contributed by atoms with van der Waals surface area (Å²) in [7, 11) is 6.60. The van der Waals surface area contributed by atoms with Gasteiger partial charge in [-0.25, -0.2) is 4.39 Å². The molecule has 1 aliphatic carbocycles. The first kappa shape index (κ1) is 25.0. The second-order valence-corrected chi connectivity index (χ2v) is 7.37. The van der Waals surface area contributed by atoms with Crippen molar-refractivity contribution in [1.82, 2.24) is 10.6 Å². The lowest BCUT2D eigenvalue weighted by molar-refractivity contribution is 0.368. The molecule has 6 nitrogen and oxygen atoms in total. The topological polar surface area (TPSA) is 64.1 Å². The largest absolute Gasteiger partial charge is 0.496 e. The fourth-order valence-electron chi connectivity index (χ4n) is 3.69. The third-order valence-corrected chi connectivity index (χ3v) is 5.60. The number of hydrogen-bond acceptors (Lipinski definition) is 4. The maximum absolute atomic E-state index is 14.2. The maximum Gasteiger partial charge on any atom is 0.191 e. The number of hydrogen-bond donors (Lipinski definition) is 2. The van der Waals surface area contributed by atoms with Gasteiger partial charge in [0.1, 0.15) is 23.1 Å². The maximum atomic E-state index is 14.2. The van der Waals surface area contributed by atoms with Gasteiger partial charge in [-0.05, 0) is 30.9 Å². The molecule has 0 bridgehead atoms. The molecule has 2 aromatic rings. The summed E-state index contributed by atoms with van der Waals surface area (Å²) >= 11 is 0. The number of halogens is 2. The standard InChI is InChI=1S/C23H30FN3O3.HI/c1-25-22(27-15-23(10-11-23)18-7-5-6-8-19(18)24)26-12-9-17-20(29-3)13-16(28-2)14-21(17)30-4;/h5-8,13-14H,9-12,15H2,1-4H3,(H2,25,26,27);1H. The molecular weight excluding hydrogens is 512 g/mol. The predicted octanol–water partition coefficient (Wildman–Crippen LogP) is 3.91. The summed E-state index contributed by atoms with van der Waals surface area (Å²) in [5.41, 5.74) is 1.58. The molecule has 8 heteroatoms. The highest BCUT2D eigenvalue weighted by Crippen LogP contribution is 2.48. The van der Waals surface area contributed by atoms with Gasteiger partial charge < -0.3 is 24.8 Å². The van der Waals surface area contributed by atoms with Gasteiger partial charge in [0.15, 0.2) is 5.96 Å². The minimum absolute atomic E-state index is 0. The van der Waals surface area contributed by atoms with Crippen LogP contribution in [-0.4, -0.2) is 47.4 Å². The summed E-state index contributed by atoms with van der Waals surface area (Å²) in [6.45, 7) is 1.27. The molecule has 0 aliphatic heterocycles. The lowest BCUT2D eigenvalue weighted by Gasteiger charge is -2.20. The number of ether oxygens (including phenoxy) is 3. The van der Waals surface area contributed by atoms with E-state index >= 15 is 0 Å². The second-order valence-electron chi connectivity index (χ2n) is 7.37. The molecule has 0 unspecified atom stereocenters. The van der Waals surface area contributed by atoms with Crippen molar-refractivity contribution in [3.8, 4) is 17.2 Å². The van der Waals surface area contributed by atoms with Crippen molar-refractivity contribution < 1.29 is 18.6 Å². The Morgan fingerprint density at radius 2 is 1.68 bits per heavy atom. The van der Waals surface area contributed by atoms with E-state index in [0.717, 1.165) is 24.0 Å². The van der Waals surface area contributed by atoms with E-state index in [1.54, 1.807) is 34.4 Å². The third kappa shape index (κ3) is 5.93. The summed E-state index contributed by atoms with van der Waals surface area (Å²) in [6, 6.07) is 10.7. The van der Waals surface area contributed by atoms with Crippen molar-refractivity contribution >= 4 is 29.9 Å². The van der Waals surface area contributed by atoms with Crippen LogP contribution < -0.4 is 24.8 Å². The summed E-state index contributed by atoms with van der Waals surface area (Å²) in [4.78, 5) is 4.30. The van der Waals surface area contributed by atoms with E-state index in [1.807, 2.05) is 24.3 Å². The molecule has 0 heterocycles. The van der Waals surface area contributed by atoms with E-state index in [9.17, 15) is 4.39 Å². The molecule has 0 spiro atoms. The molecule has 3 rings (SSSR count). The Labute approximate surface area is 200 Å². The van der Waals surface area contributed by atoms with E-state index in [2.05, 4.69) is 15.6 Å². The number of nitrogens with zero attached hydrogens (tertiary/aromatic N) is 1. The smallest absolute Gasteiger partial charge is 0.191 e. The molecule has 0 amide bonds. The molecule has 0 atom stereocenters. The average Bonchev–Trinajstić information content (AvgIpc) is 3.56. The van der Waals surface area contributed by atoms with Crippen LogP contribution >= 0.6 is 24.0 Å². The van der Waals surface area contributed by atoms with Crippen molar-refractivity contribution in [2.75, 3.05) is 41.5 Å². The lowest BCUT2D eigenvalue weighted by atomic mass is 9.95. The highest BCUT2D eigenvalue weighted by atomic mass is 127. The van der Waals surface area contributed by atoms with Crippen LogP contribution in [0.3, 0.4) is 0 Å². The van der Waals surface area contributed by atoms with Crippen LogP contribution in [0.5, 0.6) is 17.2 Å². The van der Waals surface area contributed by atoms with Crippen molar-refractivity contribution in [3.63, 3.8) is 0 Å². The van der Waals surface area contributed by atoms with E-state index in [1.165, 1.54) is 6.07 Å². The van der Waals surface area contributed by atoms with Gasteiger partial charge in [-0.15, -0.1) is 24.0 Å². The summed E-state index contributed by atoms with van der Waals surface area (Å²) in [6.07, 6.45) is 2.62. The molecule has 0 radical (unpaired) electrons. The third-order valence-electron chi connectivity index (χ3n) is 5.60. The van der Waals surface area contributed by atoms with E-state index in [-0.39, 0.29) is 35.2 Å². The summed E-state index contributed by atoms with van der Waals surface area (Å²) in [5, 5.41) is 6.67. The number of guanidine groups is 1. The van der Waals surface area contributed by atoms with Gasteiger partial charge in [0.2, 0.25) is 0 Å². The minimum atomic E-state index is -0.147. The molecule has 1 aliphatic rings. The van der Waals surface area contributed by atoms with Crippen LogP contribution in [0.4, 0.5) is 4.39 Å². The molecule has 2 aromatic carbocycles. The normalized spacial score (nSPS) is 14.3. The number of aliphatic imine (C=N–C) groups is 1. The Morgan fingerprint density at radius 1 is 1.03 bits per heavy atom. The Kier molecular flexibility index (Phi) is 9.21. The molecule has 0 aromatic heterocycles. The molecule has 2 N–H and O–H groups in total. The fraction of sp³-hybridized carbons (Fsp3) is 0.435. The summed E-state index contributed by atoms with van der Waals surface area (Å²) < 4.78 is 30.5. The van der Waals surface area contributed by atoms with Crippen LogP contribution in [0.1, 0.15) is 24.0 Å². The van der Waals surface area contributed by atoms with Gasteiger partial charge in [0, 0.05) is 43.2 Å². The van der Waals surface area contributed by atoms with E-state index in [4.69, 9.17) is 14.2 Å². The van der Waals surface area contributed by atoms with Gasteiger partial charge in [-0.3, -0.25) is 4.99 Å². The second kappa shape index (κ2) is 11.4. The molecule has 0 saturated heterocycles. The molecular formula is C23H31FIN3O3. The van der Waals surface area contributed by atoms with Crippen molar-refractivity contribution in [1.29, 1.82) is 0 Å². The monoisotopic (exact) mass is 543 g/mol. The molecule has 1 saturated carbocycles. The molecule has 1 fully saturated rings. The van der Waals surface area contributed by atoms with E-state index < -0.39 is 0 Å². The zero-order valence-electron chi connectivity index (χ0n) is 18.5. The average molecular weight is 543 g/mol. The first-order valence-corrected chi connectivity index (χ1v) is 10.1. The van der Waals surface area contributed by atoms with Crippen molar-refractivity contribution in [2.24, 2.45) is 4.99 Å². The summed E-state index contributed by atoms with van der Waals surface area (Å²) in [5.74, 6) is 2.66. The van der Waals surface area contributed by atoms with Crippen molar-refractivity contribution in [2.45, 2.75) is 24.7 Å². The van der Waals surface area contributed by atoms with Gasteiger partial charge in [-0.2, -0.15) is 0 Å². The zero-order valence-corrected chi connectivity index (χ0v) is 20.8. The molecule has 170 valence electrons. The SMILES string of the molecule is CN=C(NCCc1c(OC)cc(OC)cc1OC)NCC1(c2ccccc2F)CC1.I. The highest BCUT2D eigenvalue weighted by molar-refractivity contribution is 14.0. The Balaban J connectivity index is 0.00000341. The van der Waals surface area contributed by atoms with Crippen LogP contribution in [0.15, 0.2) is 41.4 Å². The quantitative estimate of drug-likeness (QED) is 0.286. The predicted molar refractivity (Wildman–Crippen MR) is 132 cm³/mol.